The molecule has 4 rings (SSSR count). The van der Waals surface area contributed by atoms with E-state index >= 15 is 0 Å². The van der Waals surface area contributed by atoms with Crippen molar-refractivity contribution in [3.8, 4) is 11.5 Å². The number of hydrogen-bond donors (Lipinski definition) is 6. The number of carboxylic acids is 4. The second-order valence-electron chi connectivity index (χ2n) is 11.1. The second kappa shape index (κ2) is 15.0. The van der Waals surface area contributed by atoms with Crippen molar-refractivity contribution >= 4 is 59.4 Å². The van der Waals surface area contributed by atoms with Crippen molar-refractivity contribution in [1.29, 1.82) is 0 Å². The molecule has 1 aliphatic rings. The fraction of sp³-hybridized carbons (Fsp3) is 0.281. The van der Waals surface area contributed by atoms with Gasteiger partial charge in [0, 0.05) is 70.5 Å². The number of cyclic esters (lactones) is 1. The summed E-state index contributed by atoms with van der Waals surface area (Å²) in [4.78, 5) is 61.4. The largest absolute Gasteiger partial charge is 0.507 e. The molecular weight excluding hydrogens is 627 g/mol. The molecule has 0 aliphatic carbocycles. The first kappa shape index (κ1) is 37.0. The summed E-state index contributed by atoms with van der Waals surface area (Å²) in [6.45, 7) is 0.0158. The fourth-order valence-electron chi connectivity index (χ4n) is 5.75. The molecule has 0 atom stereocenters. The Bertz CT molecular complexity index is 1620. The molecule has 6 N–H and O–H groups in total. The van der Waals surface area contributed by atoms with Crippen LogP contribution < -0.4 is 0 Å². The van der Waals surface area contributed by atoms with Crippen LogP contribution in [0.2, 0.25) is 0 Å². The van der Waals surface area contributed by atoms with E-state index in [0.717, 1.165) is 9.80 Å². The van der Waals surface area contributed by atoms with E-state index in [2.05, 4.69) is 0 Å². The van der Waals surface area contributed by atoms with Gasteiger partial charge in [-0.1, -0.05) is 18.2 Å². The number of aromatic hydroxyl groups is 2. The van der Waals surface area contributed by atoms with Crippen molar-refractivity contribution in [1.82, 2.24) is 9.80 Å². The fourth-order valence-corrected chi connectivity index (χ4v) is 5.75. The van der Waals surface area contributed by atoms with Crippen LogP contribution in [0.15, 0.2) is 48.5 Å². The normalized spacial score (nSPS) is 13.1. The Morgan fingerprint density at radius 2 is 1.06 bits per heavy atom. The summed E-state index contributed by atoms with van der Waals surface area (Å²) >= 11 is 0. The molecule has 47 heavy (non-hydrogen) atoms. The number of ether oxygens (including phenoxy) is 1. The van der Waals surface area contributed by atoms with Crippen LogP contribution >= 0.6 is 0 Å². The summed E-state index contributed by atoms with van der Waals surface area (Å²) in [5, 5.41) is 59.3. The molecule has 15 heteroatoms. The number of carbonyl (C=O) groups is 5. The minimum Gasteiger partial charge on any atom is -0.507 e. The van der Waals surface area contributed by atoms with Gasteiger partial charge in [-0.2, -0.15) is 0 Å². The van der Waals surface area contributed by atoms with Crippen molar-refractivity contribution in [2.45, 2.75) is 32.5 Å². The van der Waals surface area contributed by atoms with Crippen molar-refractivity contribution in [3.63, 3.8) is 0 Å². The first-order chi connectivity index (χ1) is 21.6. The van der Waals surface area contributed by atoms with Crippen LogP contribution in [0.4, 0.5) is 0 Å². The summed E-state index contributed by atoms with van der Waals surface area (Å²) < 4.78 is 6.15. The molecule has 1 heterocycles. The number of fused-ring (bicyclic) bond motifs is 1. The van der Waals surface area contributed by atoms with Gasteiger partial charge in [-0.15, -0.1) is 0 Å². The van der Waals surface area contributed by atoms with Gasteiger partial charge < -0.3 is 35.4 Å². The van der Waals surface area contributed by atoms with Gasteiger partial charge >= 0.3 is 29.8 Å². The molecule has 3 aromatic rings. The van der Waals surface area contributed by atoms with E-state index in [-0.39, 0.29) is 70.8 Å². The van der Waals surface area contributed by atoms with Crippen molar-refractivity contribution in [2.75, 3.05) is 26.2 Å². The third kappa shape index (κ3) is 8.10. The number of aryl methyl sites for hydroxylation is 2. The van der Waals surface area contributed by atoms with E-state index in [1.807, 2.05) is 0 Å². The number of benzene rings is 3. The summed E-state index contributed by atoms with van der Waals surface area (Å²) in [7, 11) is 0. The van der Waals surface area contributed by atoms with Crippen LogP contribution in [-0.2, 0) is 42.6 Å². The molecule has 243 valence electrons. The zero-order chi connectivity index (χ0) is 33.9. The van der Waals surface area contributed by atoms with Gasteiger partial charge in [0.1, 0.15) is 11.5 Å². The average molecular weight is 660 g/mol. The standard InChI is InChI=1S/C32H32N2O12.Na/c1-17-7-21(9-19(29(17)43)11-33(13-25(35)36)14-26(37)38)32(24-6-4-3-5-23(24)31(45)46-32)22-8-18(2)30(44)20(10-22)12-34(15-27(39)40)16-28(41)42;/h3-10,43-44H,11-16H2,1-2H3,(H,35,36)(H,37,38)(H,39,40)(H,41,42);. The maximum atomic E-state index is 13.3. The maximum absolute atomic E-state index is 13.3. The Balaban J connectivity index is 0.00000600. The summed E-state index contributed by atoms with van der Waals surface area (Å²) in [6.07, 6.45) is 0. The number of aliphatic carboxylic acids is 4. The van der Waals surface area contributed by atoms with Crippen molar-refractivity contribution < 1.29 is 59.3 Å². The van der Waals surface area contributed by atoms with Crippen LogP contribution in [-0.4, -0.2) is 126 Å². The summed E-state index contributed by atoms with van der Waals surface area (Å²) in [5.74, 6) is -6.26. The first-order valence-corrected chi connectivity index (χ1v) is 13.9. The Kier molecular flexibility index (Phi) is 11.8. The van der Waals surface area contributed by atoms with Crippen LogP contribution in [0.3, 0.4) is 0 Å². The molecule has 0 spiro atoms. The Morgan fingerprint density at radius 1 is 0.681 bits per heavy atom. The van der Waals surface area contributed by atoms with Gasteiger partial charge in [0.25, 0.3) is 0 Å². The number of phenols is 2. The van der Waals surface area contributed by atoms with Gasteiger partial charge in [0.15, 0.2) is 5.60 Å². The maximum Gasteiger partial charge on any atom is 0.340 e. The molecule has 0 aromatic heterocycles. The predicted molar refractivity (Wildman–Crippen MR) is 164 cm³/mol. The number of rotatable bonds is 14. The zero-order valence-electron chi connectivity index (χ0n) is 25.9. The Labute approximate surface area is 290 Å². The quantitative estimate of drug-likeness (QED) is 0.107. The molecule has 3 aromatic carbocycles. The number of carbonyl (C=O) groups excluding carboxylic acids is 1. The topological polar surface area (TPSA) is 222 Å². The van der Waals surface area contributed by atoms with Crippen molar-refractivity contribution in [3.05, 3.63) is 93.0 Å². The number of hydrogen-bond acceptors (Lipinski definition) is 10. The number of phenolic OH excluding ortho intramolecular Hbond substituents is 2. The number of nitrogens with zero attached hydrogens (tertiary/aromatic N) is 2. The summed E-state index contributed by atoms with van der Waals surface area (Å²) in [5.41, 5.74) is 0.459. The molecular formula is C32H32N2NaO12. The van der Waals surface area contributed by atoms with Crippen LogP contribution in [0.1, 0.15) is 49.3 Å². The molecule has 0 bridgehead atoms. The van der Waals surface area contributed by atoms with Gasteiger partial charge in [0.2, 0.25) is 0 Å². The van der Waals surface area contributed by atoms with E-state index in [9.17, 15) is 54.6 Å². The molecule has 0 saturated carbocycles. The van der Waals surface area contributed by atoms with Crippen LogP contribution in [0.5, 0.6) is 11.5 Å². The first-order valence-electron chi connectivity index (χ1n) is 13.9. The molecule has 14 nitrogen and oxygen atoms in total. The molecule has 1 aliphatic heterocycles. The summed E-state index contributed by atoms with van der Waals surface area (Å²) in [6, 6.07) is 12.6. The van der Waals surface area contributed by atoms with Crippen molar-refractivity contribution in [2.24, 2.45) is 0 Å². The van der Waals surface area contributed by atoms with Crippen LogP contribution in [0.25, 0.3) is 0 Å². The van der Waals surface area contributed by atoms with Crippen LogP contribution in [0, 0.1) is 13.8 Å². The molecule has 0 unspecified atom stereocenters. The van der Waals surface area contributed by atoms with Gasteiger partial charge in [-0.3, -0.25) is 29.0 Å². The van der Waals surface area contributed by atoms with Gasteiger partial charge in [0.05, 0.1) is 31.7 Å². The SMILES string of the molecule is Cc1cc(C2(c3cc(C)c(O)c(CN(CC(=O)O)CC(=O)O)c3)OC(=O)c3ccccc32)cc(CN(CC(=O)O)CC(=O)O)c1O.[Na]. The average Bonchev–Trinajstić information content (AvgIpc) is 3.25. The molecule has 0 amide bonds. The van der Waals surface area contributed by atoms with E-state index < -0.39 is 61.6 Å². The van der Waals surface area contributed by atoms with Gasteiger partial charge in [-0.25, -0.2) is 4.79 Å². The minimum absolute atomic E-state index is 0. The molecule has 1 radical (unpaired) electrons. The second-order valence-corrected chi connectivity index (χ2v) is 11.1. The molecule has 0 saturated heterocycles. The smallest absolute Gasteiger partial charge is 0.340 e. The number of esters is 1. The Morgan fingerprint density at radius 3 is 1.45 bits per heavy atom. The molecule has 0 fully saturated rings. The number of carboxylic acid groups (broad SMARTS) is 4. The van der Waals surface area contributed by atoms with E-state index in [4.69, 9.17) is 4.74 Å². The minimum atomic E-state index is -1.71. The Hall–Kier alpha value is -4.47. The zero-order valence-corrected chi connectivity index (χ0v) is 27.9. The predicted octanol–water partition coefficient (Wildman–Crippen LogP) is 1.74. The monoisotopic (exact) mass is 659 g/mol. The third-order valence-electron chi connectivity index (χ3n) is 7.57. The van der Waals surface area contributed by atoms with E-state index in [1.54, 1.807) is 50.2 Å². The third-order valence-corrected chi connectivity index (χ3v) is 7.57. The van der Waals surface area contributed by atoms with E-state index in [0.29, 0.717) is 27.8 Å². The van der Waals surface area contributed by atoms with E-state index in [1.165, 1.54) is 12.1 Å². The van der Waals surface area contributed by atoms with Gasteiger partial charge in [-0.05, 0) is 55.3 Å².